The van der Waals surface area contributed by atoms with Gasteiger partial charge in [0, 0.05) is 24.2 Å². The van der Waals surface area contributed by atoms with Crippen LogP contribution >= 0.6 is 0 Å². The summed E-state index contributed by atoms with van der Waals surface area (Å²) in [5, 5.41) is 1.07. The maximum atomic E-state index is 6.42. The van der Waals surface area contributed by atoms with E-state index >= 15 is 0 Å². The van der Waals surface area contributed by atoms with E-state index in [1.165, 1.54) is 37.8 Å². The van der Waals surface area contributed by atoms with Gasteiger partial charge in [0.15, 0.2) is 0 Å². The number of hydrogen-bond acceptors (Lipinski definition) is 3. The van der Waals surface area contributed by atoms with E-state index in [4.69, 9.17) is 5.73 Å². The van der Waals surface area contributed by atoms with Crippen molar-refractivity contribution in [2.75, 3.05) is 17.2 Å². The van der Waals surface area contributed by atoms with Gasteiger partial charge in [-0.25, -0.2) is 0 Å². The van der Waals surface area contributed by atoms with Gasteiger partial charge >= 0.3 is 0 Å². The summed E-state index contributed by atoms with van der Waals surface area (Å²) in [7, 11) is 0. The molecule has 1 fully saturated rings. The van der Waals surface area contributed by atoms with Gasteiger partial charge in [-0.2, -0.15) is 0 Å². The first-order valence-corrected chi connectivity index (χ1v) is 7.71. The van der Waals surface area contributed by atoms with Crippen LogP contribution in [0.25, 0.3) is 10.9 Å². The Hall–Kier alpha value is -1.77. The molecule has 0 bridgehead atoms. The zero-order chi connectivity index (χ0) is 13.9. The Labute approximate surface area is 120 Å². The van der Waals surface area contributed by atoms with Crippen LogP contribution in [0.15, 0.2) is 30.5 Å². The van der Waals surface area contributed by atoms with E-state index in [1.807, 2.05) is 12.3 Å². The Morgan fingerprint density at radius 2 is 2.00 bits per heavy atom. The molecule has 3 nitrogen and oxygen atoms in total. The molecule has 0 saturated heterocycles. The molecular formula is C17H23N3. The Kier molecular flexibility index (Phi) is 3.77. The van der Waals surface area contributed by atoms with E-state index in [0.717, 1.165) is 23.1 Å². The number of nitrogen functional groups attached to an aromatic ring is 1. The average Bonchev–Trinajstić information content (AvgIpc) is 2.51. The smallest absolute Gasteiger partial charge is 0.0724 e. The number of benzene rings is 1. The van der Waals surface area contributed by atoms with E-state index in [0.29, 0.717) is 6.04 Å². The quantitative estimate of drug-likeness (QED) is 0.857. The molecule has 1 aromatic heterocycles. The molecule has 0 amide bonds. The summed E-state index contributed by atoms with van der Waals surface area (Å²) < 4.78 is 0. The van der Waals surface area contributed by atoms with Crippen LogP contribution in [0.4, 0.5) is 11.4 Å². The Balaban J connectivity index is 2.00. The van der Waals surface area contributed by atoms with Crippen molar-refractivity contribution in [2.45, 2.75) is 45.1 Å². The van der Waals surface area contributed by atoms with Crippen LogP contribution in [0, 0.1) is 0 Å². The summed E-state index contributed by atoms with van der Waals surface area (Å²) in [6.07, 6.45) is 8.47. The molecule has 1 saturated carbocycles. The number of rotatable bonds is 3. The number of nitrogens with two attached hydrogens (primary N) is 1. The molecule has 0 aliphatic heterocycles. The third kappa shape index (κ3) is 2.33. The van der Waals surface area contributed by atoms with Crippen LogP contribution in [0.1, 0.15) is 39.0 Å². The predicted molar refractivity (Wildman–Crippen MR) is 86.0 cm³/mol. The van der Waals surface area contributed by atoms with Crippen LogP contribution in [-0.2, 0) is 0 Å². The average molecular weight is 269 g/mol. The van der Waals surface area contributed by atoms with Crippen LogP contribution in [0.3, 0.4) is 0 Å². The number of fused-ring (bicyclic) bond motifs is 1. The lowest BCUT2D eigenvalue weighted by atomic mass is 9.93. The van der Waals surface area contributed by atoms with Crippen LogP contribution in [0.2, 0.25) is 0 Å². The summed E-state index contributed by atoms with van der Waals surface area (Å²) in [6.45, 7) is 3.24. The molecule has 1 aromatic carbocycles. The SMILES string of the molecule is CCN(c1ccc2ncccc2c1N)C1CCCCC1. The van der Waals surface area contributed by atoms with Crippen molar-refractivity contribution in [1.82, 2.24) is 4.98 Å². The van der Waals surface area contributed by atoms with E-state index in [1.54, 1.807) is 0 Å². The molecule has 2 N–H and O–H groups in total. The lowest BCUT2D eigenvalue weighted by Crippen LogP contribution is -2.37. The number of nitrogens with zero attached hydrogens (tertiary/aromatic N) is 2. The van der Waals surface area contributed by atoms with E-state index in [9.17, 15) is 0 Å². The summed E-state index contributed by atoms with van der Waals surface area (Å²) in [4.78, 5) is 6.87. The Bertz CT molecular complexity index is 588. The molecule has 0 radical (unpaired) electrons. The molecule has 1 aliphatic carbocycles. The molecule has 1 heterocycles. The molecular weight excluding hydrogens is 246 g/mol. The first-order valence-electron chi connectivity index (χ1n) is 7.71. The van der Waals surface area contributed by atoms with Gasteiger partial charge in [-0.15, -0.1) is 0 Å². The van der Waals surface area contributed by atoms with Crippen molar-refractivity contribution in [2.24, 2.45) is 0 Å². The molecule has 0 unspecified atom stereocenters. The standard InChI is InChI=1S/C17H23N3/c1-2-20(13-7-4-3-5-8-13)16-11-10-15-14(17(16)18)9-6-12-19-15/h6,9-13H,2-5,7-8,18H2,1H3. The normalized spacial score (nSPS) is 16.4. The highest BCUT2D eigenvalue weighted by atomic mass is 15.2. The third-order valence-corrected chi connectivity index (χ3v) is 4.47. The van der Waals surface area contributed by atoms with Crippen LogP contribution in [-0.4, -0.2) is 17.6 Å². The zero-order valence-corrected chi connectivity index (χ0v) is 12.2. The van der Waals surface area contributed by atoms with Crippen molar-refractivity contribution in [1.29, 1.82) is 0 Å². The molecule has 0 spiro atoms. The van der Waals surface area contributed by atoms with Crippen LogP contribution in [0.5, 0.6) is 0 Å². The highest BCUT2D eigenvalue weighted by Gasteiger charge is 2.22. The number of aromatic nitrogens is 1. The second kappa shape index (κ2) is 5.70. The molecule has 1 aliphatic rings. The topological polar surface area (TPSA) is 42.2 Å². The summed E-state index contributed by atoms with van der Waals surface area (Å²) in [6, 6.07) is 8.90. The van der Waals surface area contributed by atoms with Gasteiger partial charge in [0.2, 0.25) is 0 Å². The van der Waals surface area contributed by atoms with Gasteiger partial charge in [0.1, 0.15) is 0 Å². The molecule has 0 atom stereocenters. The maximum Gasteiger partial charge on any atom is 0.0724 e. The highest BCUT2D eigenvalue weighted by molar-refractivity contribution is 5.97. The van der Waals surface area contributed by atoms with Gasteiger partial charge in [0.25, 0.3) is 0 Å². The second-order valence-electron chi connectivity index (χ2n) is 5.65. The Morgan fingerprint density at radius 3 is 2.75 bits per heavy atom. The summed E-state index contributed by atoms with van der Waals surface area (Å²) in [5.41, 5.74) is 9.46. The summed E-state index contributed by atoms with van der Waals surface area (Å²) in [5.74, 6) is 0. The van der Waals surface area contributed by atoms with E-state index < -0.39 is 0 Å². The molecule has 3 heteroatoms. The molecule has 20 heavy (non-hydrogen) atoms. The Morgan fingerprint density at radius 1 is 1.20 bits per heavy atom. The first-order chi connectivity index (χ1) is 9.81. The van der Waals surface area contributed by atoms with Gasteiger partial charge in [-0.05, 0) is 44.0 Å². The predicted octanol–water partition coefficient (Wildman–Crippen LogP) is 3.98. The first kappa shape index (κ1) is 13.2. The number of pyridine rings is 1. The monoisotopic (exact) mass is 269 g/mol. The minimum atomic E-state index is 0.644. The summed E-state index contributed by atoms with van der Waals surface area (Å²) >= 11 is 0. The van der Waals surface area contributed by atoms with Crippen molar-refractivity contribution < 1.29 is 0 Å². The number of anilines is 2. The molecule has 2 aromatic rings. The lowest BCUT2D eigenvalue weighted by molar-refractivity contribution is 0.418. The number of hydrogen-bond donors (Lipinski definition) is 1. The molecule has 106 valence electrons. The fourth-order valence-corrected chi connectivity index (χ4v) is 3.43. The lowest BCUT2D eigenvalue weighted by Gasteiger charge is -2.36. The second-order valence-corrected chi connectivity index (χ2v) is 5.65. The maximum absolute atomic E-state index is 6.42. The van der Waals surface area contributed by atoms with E-state index in [-0.39, 0.29) is 0 Å². The van der Waals surface area contributed by atoms with Crippen LogP contribution < -0.4 is 10.6 Å². The van der Waals surface area contributed by atoms with Gasteiger partial charge in [-0.1, -0.05) is 19.3 Å². The highest BCUT2D eigenvalue weighted by Crippen LogP contribution is 2.34. The minimum absolute atomic E-state index is 0.644. The van der Waals surface area contributed by atoms with Crippen molar-refractivity contribution in [3.63, 3.8) is 0 Å². The third-order valence-electron chi connectivity index (χ3n) is 4.47. The van der Waals surface area contributed by atoms with Gasteiger partial charge in [-0.3, -0.25) is 4.98 Å². The van der Waals surface area contributed by atoms with Crippen molar-refractivity contribution >= 4 is 22.3 Å². The van der Waals surface area contributed by atoms with Crippen molar-refractivity contribution in [3.05, 3.63) is 30.5 Å². The van der Waals surface area contributed by atoms with Gasteiger partial charge < -0.3 is 10.6 Å². The molecule has 3 rings (SSSR count). The van der Waals surface area contributed by atoms with Gasteiger partial charge in [0.05, 0.1) is 16.9 Å². The van der Waals surface area contributed by atoms with E-state index in [2.05, 4.69) is 35.0 Å². The largest absolute Gasteiger partial charge is 0.396 e. The minimum Gasteiger partial charge on any atom is -0.396 e. The fourth-order valence-electron chi connectivity index (χ4n) is 3.43. The van der Waals surface area contributed by atoms with Crippen molar-refractivity contribution in [3.8, 4) is 0 Å². The zero-order valence-electron chi connectivity index (χ0n) is 12.2. The fraction of sp³-hybridized carbons (Fsp3) is 0.471.